The molecule has 1 rings (SSSR count). The molecule has 0 aliphatic carbocycles. The molecule has 88 valence electrons. The lowest BCUT2D eigenvalue weighted by Crippen LogP contribution is -2.40. The predicted molar refractivity (Wildman–Crippen MR) is 56.6 cm³/mol. The Bertz CT molecular complexity index is 377. The van der Waals surface area contributed by atoms with E-state index in [1.165, 1.54) is 6.07 Å². The minimum Gasteiger partial charge on any atom is -0.394 e. The first-order valence-corrected chi connectivity index (χ1v) is 4.87. The number of hydrogen-bond acceptors (Lipinski definition) is 3. The highest BCUT2D eigenvalue weighted by atomic mass is 19.1. The monoisotopic (exact) mass is 227 g/mol. The van der Waals surface area contributed by atoms with Crippen LogP contribution in [0.4, 0.5) is 4.39 Å². The van der Waals surface area contributed by atoms with Crippen molar-refractivity contribution >= 4 is 5.91 Å². The molecule has 1 amide bonds. The van der Waals surface area contributed by atoms with Crippen molar-refractivity contribution in [2.24, 2.45) is 0 Å². The van der Waals surface area contributed by atoms with Gasteiger partial charge in [-0.25, -0.2) is 4.39 Å². The zero-order valence-corrected chi connectivity index (χ0v) is 8.90. The molecule has 1 aromatic rings. The number of rotatable bonds is 4. The molecule has 0 unspecified atom stereocenters. The first-order valence-electron chi connectivity index (χ1n) is 4.87. The van der Waals surface area contributed by atoms with Crippen LogP contribution < -0.4 is 5.32 Å². The van der Waals surface area contributed by atoms with Crippen LogP contribution in [0.2, 0.25) is 0 Å². The van der Waals surface area contributed by atoms with Gasteiger partial charge < -0.3 is 15.5 Å². The van der Waals surface area contributed by atoms with Gasteiger partial charge in [-0.1, -0.05) is 12.1 Å². The van der Waals surface area contributed by atoms with Crippen molar-refractivity contribution in [3.63, 3.8) is 0 Å². The fourth-order valence-corrected chi connectivity index (χ4v) is 1.23. The van der Waals surface area contributed by atoms with Crippen LogP contribution in [0.5, 0.6) is 0 Å². The second kappa shape index (κ2) is 5.58. The summed E-state index contributed by atoms with van der Waals surface area (Å²) in [5.41, 5.74) is 0.282. The van der Waals surface area contributed by atoms with E-state index in [1.54, 1.807) is 19.1 Å². The first-order chi connectivity index (χ1) is 7.60. The van der Waals surface area contributed by atoms with Gasteiger partial charge in [0.1, 0.15) is 5.82 Å². The van der Waals surface area contributed by atoms with Gasteiger partial charge in [0.2, 0.25) is 0 Å². The standard InChI is InChI=1S/C11H14FNO3/c1-7-3-2-4-9(10(7)12)11(16)13-8(5-14)6-15/h2-4,8,14-15H,5-6H2,1H3,(H,13,16). The maximum Gasteiger partial charge on any atom is 0.254 e. The summed E-state index contributed by atoms with van der Waals surface area (Å²) in [6, 6.07) is 3.71. The van der Waals surface area contributed by atoms with Gasteiger partial charge in [-0.05, 0) is 18.6 Å². The summed E-state index contributed by atoms with van der Waals surface area (Å²) in [7, 11) is 0. The fourth-order valence-electron chi connectivity index (χ4n) is 1.23. The first kappa shape index (κ1) is 12.6. The minimum absolute atomic E-state index is 0.0908. The van der Waals surface area contributed by atoms with Crippen LogP contribution in [0.15, 0.2) is 18.2 Å². The van der Waals surface area contributed by atoms with Gasteiger partial charge in [0.25, 0.3) is 5.91 Å². The van der Waals surface area contributed by atoms with E-state index in [0.29, 0.717) is 5.56 Å². The van der Waals surface area contributed by atoms with Gasteiger partial charge in [-0.2, -0.15) is 0 Å². The SMILES string of the molecule is Cc1cccc(C(=O)NC(CO)CO)c1F. The smallest absolute Gasteiger partial charge is 0.254 e. The molecule has 0 bridgehead atoms. The molecular weight excluding hydrogens is 213 g/mol. The number of aryl methyl sites for hydroxylation is 1. The summed E-state index contributed by atoms with van der Waals surface area (Å²) in [6.45, 7) is 0.771. The molecule has 0 fully saturated rings. The zero-order valence-electron chi connectivity index (χ0n) is 8.90. The van der Waals surface area contributed by atoms with Crippen LogP contribution in [0.3, 0.4) is 0 Å². The number of amides is 1. The average Bonchev–Trinajstić information content (AvgIpc) is 2.29. The van der Waals surface area contributed by atoms with E-state index in [2.05, 4.69) is 5.32 Å². The molecule has 0 atom stereocenters. The van der Waals surface area contributed by atoms with Crippen molar-refractivity contribution in [2.45, 2.75) is 13.0 Å². The summed E-state index contributed by atoms with van der Waals surface area (Å²) < 4.78 is 13.5. The zero-order chi connectivity index (χ0) is 12.1. The summed E-state index contributed by atoms with van der Waals surface area (Å²) >= 11 is 0. The highest BCUT2D eigenvalue weighted by molar-refractivity contribution is 5.94. The molecule has 0 aliphatic rings. The van der Waals surface area contributed by atoms with Crippen LogP contribution in [-0.2, 0) is 0 Å². The summed E-state index contributed by atoms with van der Waals surface area (Å²) in [4.78, 5) is 11.6. The van der Waals surface area contributed by atoms with Gasteiger partial charge in [-0.3, -0.25) is 4.79 Å². The second-order valence-electron chi connectivity index (χ2n) is 3.47. The number of carbonyl (C=O) groups excluding carboxylic acids is 1. The topological polar surface area (TPSA) is 69.6 Å². The van der Waals surface area contributed by atoms with E-state index >= 15 is 0 Å². The van der Waals surface area contributed by atoms with Crippen molar-refractivity contribution in [1.82, 2.24) is 5.32 Å². The molecule has 5 heteroatoms. The number of halogens is 1. The van der Waals surface area contributed by atoms with E-state index in [9.17, 15) is 9.18 Å². The molecule has 0 heterocycles. The van der Waals surface area contributed by atoms with Crippen molar-refractivity contribution in [1.29, 1.82) is 0 Å². The highest BCUT2D eigenvalue weighted by Crippen LogP contribution is 2.11. The Kier molecular flexibility index (Phi) is 4.39. The second-order valence-corrected chi connectivity index (χ2v) is 3.47. The van der Waals surface area contributed by atoms with Crippen molar-refractivity contribution in [2.75, 3.05) is 13.2 Å². The summed E-state index contributed by atoms with van der Waals surface area (Å²) in [5, 5.41) is 19.9. The highest BCUT2D eigenvalue weighted by Gasteiger charge is 2.16. The number of carbonyl (C=O) groups is 1. The van der Waals surface area contributed by atoms with Crippen LogP contribution in [0.1, 0.15) is 15.9 Å². The molecule has 4 nitrogen and oxygen atoms in total. The Balaban J connectivity index is 2.84. The molecule has 0 saturated heterocycles. The Morgan fingerprint density at radius 1 is 1.44 bits per heavy atom. The van der Waals surface area contributed by atoms with Crippen molar-refractivity contribution in [3.8, 4) is 0 Å². The third kappa shape index (κ3) is 2.77. The molecule has 0 aromatic heterocycles. The van der Waals surface area contributed by atoms with E-state index < -0.39 is 31.0 Å². The Labute approximate surface area is 92.7 Å². The Morgan fingerprint density at radius 2 is 2.06 bits per heavy atom. The molecular formula is C11H14FNO3. The van der Waals surface area contributed by atoms with E-state index in [-0.39, 0.29) is 5.56 Å². The van der Waals surface area contributed by atoms with Gasteiger partial charge in [0.05, 0.1) is 24.8 Å². The van der Waals surface area contributed by atoms with Crippen LogP contribution in [0, 0.1) is 12.7 Å². The van der Waals surface area contributed by atoms with E-state index in [1.807, 2.05) is 0 Å². The molecule has 3 N–H and O–H groups in total. The molecule has 0 aliphatic heterocycles. The number of aliphatic hydroxyl groups is 2. The van der Waals surface area contributed by atoms with Crippen LogP contribution in [-0.4, -0.2) is 35.4 Å². The molecule has 0 saturated carbocycles. The van der Waals surface area contributed by atoms with Gasteiger partial charge in [-0.15, -0.1) is 0 Å². The fraction of sp³-hybridized carbons (Fsp3) is 0.364. The minimum atomic E-state index is -0.771. The average molecular weight is 227 g/mol. The van der Waals surface area contributed by atoms with Crippen LogP contribution in [0.25, 0.3) is 0 Å². The Hall–Kier alpha value is -1.46. The van der Waals surface area contributed by atoms with Gasteiger partial charge in [0.15, 0.2) is 0 Å². The Morgan fingerprint density at radius 3 is 2.62 bits per heavy atom. The van der Waals surface area contributed by atoms with Gasteiger partial charge >= 0.3 is 0 Å². The third-order valence-corrected chi connectivity index (χ3v) is 2.21. The number of hydrogen-bond donors (Lipinski definition) is 3. The number of aliphatic hydroxyl groups excluding tert-OH is 2. The predicted octanol–water partition coefficient (Wildman–Crippen LogP) is 0.217. The van der Waals surface area contributed by atoms with Crippen molar-refractivity contribution < 1.29 is 19.4 Å². The van der Waals surface area contributed by atoms with E-state index in [4.69, 9.17) is 10.2 Å². The summed E-state index contributed by atoms with van der Waals surface area (Å²) in [6.07, 6.45) is 0. The quantitative estimate of drug-likeness (QED) is 0.689. The number of benzene rings is 1. The van der Waals surface area contributed by atoms with E-state index in [0.717, 1.165) is 0 Å². The molecule has 1 aromatic carbocycles. The lowest BCUT2D eigenvalue weighted by molar-refractivity contribution is 0.0875. The lowest BCUT2D eigenvalue weighted by Gasteiger charge is -2.13. The number of nitrogens with one attached hydrogen (secondary N) is 1. The normalized spacial score (nSPS) is 10.6. The summed E-state index contributed by atoms with van der Waals surface area (Å²) in [5.74, 6) is -1.23. The molecule has 0 spiro atoms. The molecule has 16 heavy (non-hydrogen) atoms. The maximum absolute atomic E-state index is 13.5. The molecule has 0 radical (unpaired) electrons. The largest absolute Gasteiger partial charge is 0.394 e. The van der Waals surface area contributed by atoms with Crippen LogP contribution >= 0.6 is 0 Å². The lowest BCUT2D eigenvalue weighted by atomic mass is 10.1. The maximum atomic E-state index is 13.5. The van der Waals surface area contributed by atoms with Gasteiger partial charge in [0, 0.05) is 0 Å². The van der Waals surface area contributed by atoms with Crippen molar-refractivity contribution in [3.05, 3.63) is 35.1 Å². The third-order valence-electron chi connectivity index (χ3n) is 2.21.